The van der Waals surface area contributed by atoms with Crippen molar-refractivity contribution in [2.75, 3.05) is 38.2 Å². The molecule has 5 heteroatoms. The van der Waals surface area contributed by atoms with Crippen LogP contribution < -0.4 is 20.7 Å². The molecule has 2 aliphatic rings. The van der Waals surface area contributed by atoms with Gasteiger partial charge in [-0.1, -0.05) is 0 Å². The topological polar surface area (TPSA) is 67.6 Å². The lowest BCUT2D eigenvalue weighted by Gasteiger charge is -2.19. The monoisotopic (exact) mass is 291 g/mol. The van der Waals surface area contributed by atoms with Gasteiger partial charge in [0.05, 0.1) is 12.7 Å². The Morgan fingerprint density at radius 2 is 1.86 bits per heavy atom. The van der Waals surface area contributed by atoms with Crippen LogP contribution in [0.2, 0.25) is 0 Å². The van der Waals surface area contributed by atoms with Crippen LogP contribution >= 0.6 is 0 Å². The van der Waals surface area contributed by atoms with Gasteiger partial charge >= 0.3 is 0 Å². The molecule has 0 atom stereocenters. The summed E-state index contributed by atoms with van der Waals surface area (Å²) in [6.45, 7) is 4.64. The lowest BCUT2D eigenvalue weighted by Crippen LogP contribution is -2.18. The molecule has 0 bridgehead atoms. The van der Waals surface area contributed by atoms with Gasteiger partial charge in [-0.05, 0) is 50.9 Å². The minimum absolute atomic E-state index is 0.436. The van der Waals surface area contributed by atoms with E-state index in [9.17, 15) is 4.79 Å². The summed E-state index contributed by atoms with van der Waals surface area (Å²) in [5.74, 6) is 0.0988. The number of hydrogen-bond acceptors (Lipinski definition) is 4. The van der Waals surface area contributed by atoms with Gasteiger partial charge in [0.15, 0.2) is 0 Å². The van der Waals surface area contributed by atoms with E-state index in [-0.39, 0.29) is 0 Å². The summed E-state index contributed by atoms with van der Waals surface area (Å²) < 4.78 is 5.18. The molecule has 116 valence electrons. The smallest absolute Gasteiger partial charge is 0.252 e. The van der Waals surface area contributed by atoms with Crippen LogP contribution in [-0.4, -0.2) is 39.2 Å². The van der Waals surface area contributed by atoms with Crippen molar-refractivity contribution < 1.29 is 9.53 Å². The van der Waals surface area contributed by atoms with E-state index >= 15 is 0 Å². The Kier molecular flexibility index (Phi) is 5.87. The first-order chi connectivity index (χ1) is 10.2. The molecule has 1 aromatic carbocycles. The van der Waals surface area contributed by atoms with E-state index in [0.29, 0.717) is 11.3 Å². The van der Waals surface area contributed by atoms with Gasteiger partial charge in [0.25, 0.3) is 5.91 Å². The summed E-state index contributed by atoms with van der Waals surface area (Å²) in [4.78, 5) is 13.4. The highest BCUT2D eigenvalue weighted by Gasteiger charge is 2.15. The van der Waals surface area contributed by atoms with E-state index in [2.05, 4.69) is 10.2 Å². The molecule has 2 aliphatic heterocycles. The summed E-state index contributed by atoms with van der Waals surface area (Å²) in [7, 11) is 1.55. The number of carbonyl (C=O) groups is 1. The van der Waals surface area contributed by atoms with Gasteiger partial charge in [-0.15, -0.1) is 0 Å². The number of anilines is 1. The Bertz CT molecular complexity index is 459. The maximum Gasteiger partial charge on any atom is 0.252 e. The number of primary amides is 1. The highest BCUT2D eigenvalue weighted by molar-refractivity contribution is 5.96. The van der Waals surface area contributed by atoms with Gasteiger partial charge in [-0.2, -0.15) is 0 Å². The van der Waals surface area contributed by atoms with Crippen LogP contribution in [0.5, 0.6) is 5.75 Å². The number of nitrogens with zero attached hydrogens (tertiary/aromatic N) is 1. The van der Waals surface area contributed by atoms with Crippen LogP contribution in [0.4, 0.5) is 5.69 Å². The SMILES string of the molecule is C1CCNC1.COc1cc(N2CCCC2)ccc1C(N)=O. The van der Waals surface area contributed by atoms with Crippen LogP contribution in [0, 0.1) is 0 Å². The van der Waals surface area contributed by atoms with Crippen molar-refractivity contribution >= 4 is 11.6 Å². The number of benzene rings is 1. The van der Waals surface area contributed by atoms with Crippen molar-refractivity contribution in [3.63, 3.8) is 0 Å². The van der Waals surface area contributed by atoms with Crippen molar-refractivity contribution in [1.82, 2.24) is 5.32 Å². The Labute approximate surface area is 126 Å². The molecule has 2 fully saturated rings. The lowest BCUT2D eigenvalue weighted by atomic mass is 10.1. The maximum absolute atomic E-state index is 11.1. The quantitative estimate of drug-likeness (QED) is 0.890. The van der Waals surface area contributed by atoms with Crippen molar-refractivity contribution in [3.8, 4) is 5.75 Å². The Hall–Kier alpha value is -1.75. The standard InChI is InChI=1S/C12H16N2O2.C4H9N/c1-16-11-8-9(14-6-2-3-7-14)4-5-10(11)12(13)15;1-2-4-5-3-1/h4-5,8H,2-3,6-7H2,1H3,(H2,13,15);5H,1-4H2. The average Bonchev–Trinajstić information content (AvgIpc) is 3.21. The zero-order chi connectivity index (χ0) is 15.1. The Morgan fingerprint density at radius 1 is 1.19 bits per heavy atom. The fourth-order valence-corrected chi connectivity index (χ4v) is 2.68. The zero-order valence-corrected chi connectivity index (χ0v) is 12.7. The van der Waals surface area contributed by atoms with Crippen molar-refractivity contribution in [2.45, 2.75) is 25.7 Å². The number of nitrogens with two attached hydrogens (primary N) is 1. The van der Waals surface area contributed by atoms with E-state index in [1.807, 2.05) is 12.1 Å². The second kappa shape index (κ2) is 7.88. The third-order valence-electron chi connectivity index (χ3n) is 3.88. The molecular weight excluding hydrogens is 266 g/mol. The maximum atomic E-state index is 11.1. The minimum atomic E-state index is -0.454. The first kappa shape index (κ1) is 15.6. The first-order valence-electron chi connectivity index (χ1n) is 7.66. The molecule has 5 nitrogen and oxygen atoms in total. The van der Waals surface area contributed by atoms with E-state index < -0.39 is 5.91 Å². The highest BCUT2D eigenvalue weighted by atomic mass is 16.5. The molecule has 2 heterocycles. The van der Waals surface area contributed by atoms with Gasteiger partial charge in [0.1, 0.15) is 5.75 Å². The van der Waals surface area contributed by atoms with Crippen LogP contribution in [0.3, 0.4) is 0 Å². The lowest BCUT2D eigenvalue weighted by molar-refractivity contribution is 0.0997. The summed E-state index contributed by atoms with van der Waals surface area (Å²) in [6.07, 6.45) is 5.22. The highest BCUT2D eigenvalue weighted by Crippen LogP contribution is 2.27. The Balaban J connectivity index is 0.000000272. The van der Waals surface area contributed by atoms with E-state index in [1.165, 1.54) is 38.8 Å². The summed E-state index contributed by atoms with van der Waals surface area (Å²) in [5.41, 5.74) is 6.79. The largest absolute Gasteiger partial charge is 0.496 e. The second-order valence-corrected chi connectivity index (χ2v) is 5.40. The van der Waals surface area contributed by atoms with E-state index in [4.69, 9.17) is 10.5 Å². The van der Waals surface area contributed by atoms with Crippen molar-refractivity contribution in [2.24, 2.45) is 5.73 Å². The number of carbonyl (C=O) groups excluding carboxylic acids is 1. The third kappa shape index (κ3) is 4.36. The first-order valence-corrected chi connectivity index (χ1v) is 7.66. The van der Waals surface area contributed by atoms with Crippen LogP contribution in [-0.2, 0) is 0 Å². The molecule has 21 heavy (non-hydrogen) atoms. The minimum Gasteiger partial charge on any atom is -0.496 e. The van der Waals surface area contributed by atoms with Crippen molar-refractivity contribution in [3.05, 3.63) is 23.8 Å². The predicted octanol–water partition coefficient (Wildman–Crippen LogP) is 1.76. The normalized spacial score (nSPS) is 17.3. The van der Waals surface area contributed by atoms with Gasteiger partial charge in [-0.25, -0.2) is 0 Å². The molecule has 0 radical (unpaired) electrons. The number of methoxy groups -OCH3 is 1. The number of amides is 1. The van der Waals surface area contributed by atoms with E-state index in [0.717, 1.165) is 18.8 Å². The Morgan fingerprint density at radius 3 is 2.33 bits per heavy atom. The number of hydrogen-bond donors (Lipinski definition) is 2. The fourth-order valence-electron chi connectivity index (χ4n) is 2.68. The molecule has 0 saturated carbocycles. The van der Waals surface area contributed by atoms with Crippen LogP contribution in [0.15, 0.2) is 18.2 Å². The number of rotatable bonds is 3. The summed E-state index contributed by atoms with van der Waals surface area (Å²) in [5, 5.41) is 3.22. The van der Waals surface area contributed by atoms with Crippen molar-refractivity contribution in [1.29, 1.82) is 0 Å². The van der Waals surface area contributed by atoms with Gasteiger partial charge in [0, 0.05) is 24.8 Å². The molecule has 0 spiro atoms. The van der Waals surface area contributed by atoms with Crippen LogP contribution in [0.1, 0.15) is 36.0 Å². The second-order valence-electron chi connectivity index (χ2n) is 5.40. The van der Waals surface area contributed by atoms with E-state index in [1.54, 1.807) is 13.2 Å². The molecule has 3 N–H and O–H groups in total. The molecule has 1 amide bonds. The molecular formula is C16H25N3O2. The van der Waals surface area contributed by atoms with Crippen LogP contribution in [0.25, 0.3) is 0 Å². The molecule has 3 rings (SSSR count). The van der Waals surface area contributed by atoms with Gasteiger partial charge < -0.3 is 20.7 Å². The summed E-state index contributed by atoms with van der Waals surface area (Å²) in [6, 6.07) is 5.54. The number of ether oxygens (including phenoxy) is 1. The number of nitrogens with one attached hydrogen (secondary N) is 1. The molecule has 1 aromatic rings. The van der Waals surface area contributed by atoms with Gasteiger partial charge in [0.2, 0.25) is 0 Å². The zero-order valence-electron chi connectivity index (χ0n) is 12.7. The van der Waals surface area contributed by atoms with Gasteiger partial charge in [-0.3, -0.25) is 4.79 Å². The molecule has 2 saturated heterocycles. The molecule has 0 unspecified atom stereocenters. The molecule has 0 aromatic heterocycles. The summed E-state index contributed by atoms with van der Waals surface area (Å²) >= 11 is 0. The average molecular weight is 291 g/mol. The third-order valence-corrected chi connectivity index (χ3v) is 3.88. The predicted molar refractivity (Wildman–Crippen MR) is 85.1 cm³/mol. The molecule has 0 aliphatic carbocycles. The fraction of sp³-hybridized carbons (Fsp3) is 0.562.